The van der Waals surface area contributed by atoms with Crippen LogP contribution in [0.15, 0.2) is 6.33 Å². The summed E-state index contributed by atoms with van der Waals surface area (Å²) in [6, 6.07) is 0. The van der Waals surface area contributed by atoms with Crippen LogP contribution in [-0.2, 0) is 22.4 Å². The summed E-state index contributed by atoms with van der Waals surface area (Å²) < 4.78 is 5.44. The lowest BCUT2D eigenvalue weighted by Gasteiger charge is -2.13. The average Bonchev–Trinajstić information content (AvgIpc) is 3.15. The fourth-order valence-electron chi connectivity index (χ4n) is 3.17. The third-order valence-electron chi connectivity index (χ3n) is 4.22. The second-order valence-electron chi connectivity index (χ2n) is 5.60. The van der Waals surface area contributed by atoms with Crippen molar-refractivity contribution in [2.24, 2.45) is 0 Å². The summed E-state index contributed by atoms with van der Waals surface area (Å²) >= 11 is 1.74. The largest absolute Gasteiger partial charge is 0.368 e. The molecule has 1 saturated heterocycles. The predicted molar refractivity (Wildman–Crippen MR) is 81.7 cm³/mol. The highest BCUT2D eigenvalue weighted by Crippen LogP contribution is 2.38. The first-order chi connectivity index (χ1) is 10.3. The van der Waals surface area contributed by atoms with Crippen molar-refractivity contribution in [2.45, 2.75) is 44.6 Å². The molecule has 5 nitrogen and oxygen atoms in total. The van der Waals surface area contributed by atoms with Gasteiger partial charge in [-0.3, -0.25) is 4.79 Å². The van der Waals surface area contributed by atoms with E-state index in [1.54, 1.807) is 11.3 Å². The highest BCUT2D eigenvalue weighted by Gasteiger charge is 2.26. The summed E-state index contributed by atoms with van der Waals surface area (Å²) in [6.07, 6.45) is 7.57. The molecule has 1 atom stereocenters. The minimum Gasteiger partial charge on any atom is -0.368 e. The summed E-state index contributed by atoms with van der Waals surface area (Å²) in [5, 5.41) is 4.00. The fourth-order valence-corrected chi connectivity index (χ4v) is 4.40. The van der Waals surface area contributed by atoms with E-state index in [4.69, 9.17) is 4.74 Å². The molecule has 4 rings (SSSR count). The molecule has 0 unspecified atom stereocenters. The van der Waals surface area contributed by atoms with Gasteiger partial charge in [0.25, 0.3) is 5.91 Å². The summed E-state index contributed by atoms with van der Waals surface area (Å²) in [5.41, 5.74) is 1.34. The molecule has 0 radical (unpaired) electrons. The topological polar surface area (TPSA) is 64.1 Å². The van der Waals surface area contributed by atoms with Crippen LogP contribution >= 0.6 is 11.3 Å². The van der Waals surface area contributed by atoms with Crippen molar-refractivity contribution in [2.75, 3.05) is 11.9 Å². The molecule has 6 heteroatoms. The van der Waals surface area contributed by atoms with Crippen LogP contribution in [0.1, 0.15) is 36.1 Å². The smallest absolute Gasteiger partial charge is 0.254 e. The number of thiophene rings is 1. The van der Waals surface area contributed by atoms with Gasteiger partial charge in [-0.25, -0.2) is 9.97 Å². The van der Waals surface area contributed by atoms with E-state index in [-0.39, 0.29) is 12.0 Å². The van der Waals surface area contributed by atoms with Gasteiger partial charge in [0.2, 0.25) is 0 Å². The Morgan fingerprint density at radius 1 is 1.29 bits per heavy atom. The van der Waals surface area contributed by atoms with Gasteiger partial charge in [-0.2, -0.15) is 0 Å². The first-order valence-electron chi connectivity index (χ1n) is 7.50. The van der Waals surface area contributed by atoms with Crippen LogP contribution in [0.2, 0.25) is 0 Å². The molecule has 2 aliphatic rings. The van der Waals surface area contributed by atoms with E-state index < -0.39 is 0 Å². The minimum absolute atomic E-state index is 0.0803. The van der Waals surface area contributed by atoms with E-state index in [9.17, 15) is 4.79 Å². The Kier molecular flexibility index (Phi) is 3.35. The second-order valence-corrected chi connectivity index (χ2v) is 6.69. The number of aromatic nitrogens is 2. The number of carbonyl (C=O) groups excluding carboxylic acids is 1. The zero-order valence-electron chi connectivity index (χ0n) is 11.7. The summed E-state index contributed by atoms with van der Waals surface area (Å²) in [7, 11) is 0. The van der Waals surface area contributed by atoms with E-state index in [0.29, 0.717) is 12.4 Å². The summed E-state index contributed by atoms with van der Waals surface area (Å²) in [6.45, 7) is 0.672. The van der Waals surface area contributed by atoms with Gasteiger partial charge in [0.1, 0.15) is 23.1 Å². The lowest BCUT2D eigenvalue weighted by atomic mass is 9.97. The zero-order valence-corrected chi connectivity index (χ0v) is 12.5. The molecular formula is C15H17N3O2S. The molecular weight excluding hydrogens is 286 g/mol. The molecule has 2 aromatic heterocycles. The van der Waals surface area contributed by atoms with Gasteiger partial charge in [-0.15, -0.1) is 11.3 Å². The minimum atomic E-state index is -0.329. The lowest BCUT2D eigenvalue weighted by molar-refractivity contribution is -0.124. The highest BCUT2D eigenvalue weighted by molar-refractivity contribution is 7.19. The first-order valence-corrected chi connectivity index (χ1v) is 8.32. The normalized spacial score (nSPS) is 21.4. The van der Waals surface area contributed by atoms with Crippen LogP contribution in [0.3, 0.4) is 0 Å². The molecule has 2 aromatic rings. The van der Waals surface area contributed by atoms with E-state index in [1.165, 1.54) is 29.6 Å². The maximum atomic E-state index is 12.3. The van der Waals surface area contributed by atoms with Gasteiger partial charge < -0.3 is 10.1 Å². The summed E-state index contributed by atoms with van der Waals surface area (Å²) in [4.78, 5) is 23.3. The molecule has 3 heterocycles. The number of carbonyl (C=O) groups is 1. The van der Waals surface area contributed by atoms with Crippen LogP contribution in [0.4, 0.5) is 5.82 Å². The Morgan fingerprint density at radius 3 is 3.05 bits per heavy atom. The maximum Gasteiger partial charge on any atom is 0.254 e. The standard InChI is InChI=1S/C15H17N3O2S/c19-14(10-5-3-7-20-10)18-13-12-9-4-1-2-6-11(9)21-15(12)17-8-16-13/h8,10H,1-7H2,(H,16,17,18,19)/t10-/m0/s1. The Balaban J connectivity index is 1.71. The van der Waals surface area contributed by atoms with E-state index in [0.717, 1.165) is 35.9 Å². The zero-order chi connectivity index (χ0) is 14.2. The third kappa shape index (κ3) is 2.32. The number of fused-ring (bicyclic) bond motifs is 3. The molecule has 1 amide bonds. The molecule has 0 bridgehead atoms. The van der Waals surface area contributed by atoms with Crippen LogP contribution in [-0.4, -0.2) is 28.6 Å². The number of rotatable bonds is 2. The van der Waals surface area contributed by atoms with Crippen molar-refractivity contribution in [1.82, 2.24) is 9.97 Å². The number of nitrogens with zero attached hydrogens (tertiary/aromatic N) is 2. The summed E-state index contributed by atoms with van der Waals surface area (Å²) in [5.74, 6) is 0.572. The van der Waals surface area contributed by atoms with Gasteiger partial charge in [0.05, 0.1) is 5.39 Å². The number of anilines is 1. The van der Waals surface area contributed by atoms with Crippen molar-refractivity contribution in [3.63, 3.8) is 0 Å². The number of hydrogen-bond donors (Lipinski definition) is 1. The number of amides is 1. The Bertz CT molecular complexity index is 692. The molecule has 1 aliphatic carbocycles. The Hall–Kier alpha value is -1.53. The van der Waals surface area contributed by atoms with Gasteiger partial charge in [0, 0.05) is 11.5 Å². The van der Waals surface area contributed by atoms with Crippen molar-refractivity contribution in [1.29, 1.82) is 0 Å². The number of hydrogen-bond acceptors (Lipinski definition) is 5. The van der Waals surface area contributed by atoms with Gasteiger partial charge >= 0.3 is 0 Å². The Morgan fingerprint density at radius 2 is 2.19 bits per heavy atom. The Labute approximate surface area is 126 Å². The maximum absolute atomic E-state index is 12.3. The molecule has 110 valence electrons. The molecule has 0 spiro atoms. The lowest BCUT2D eigenvalue weighted by Crippen LogP contribution is -2.27. The molecule has 1 fully saturated rings. The van der Waals surface area contributed by atoms with Gasteiger partial charge in [-0.05, 0) is 44.1 Å². The predicted octanol–water partition coefficient (Wildman–Crippen LogP) is 2.69. The first kappa shape index (κ1) is 13.2. The van der Waals surface area contributed by atoms with Crippen LogP contribution in [0, 0.1) is 0 Å². The van der Waals surface area contributed by atoms with E-state index in [2.05, 4.69) is 15.3 Å². The molecule has 0 aromatic carbocycles. The van der Waals surface area contributed by atoms with Gasteiger partial charge in [0.15, 0.2) is 0 Å². The van der Waals surface area contributed by atoms with Crippen LogP contribution < -0.4 is 5.32 Å². The monoisotopic (exact) mass is 303 g/mol. The van der Waals surface area contributed by atoms with Crippen molar-refractivity contribution in [3.05, 3.63) is 16.8 Å². The number of ether oxygens (including phenoxy) is 1. The molecule has 0 saturated carbocycles. The van der Waals surface area contributed by atoms with Crippen LogP contribution in [0.5, 0.6) is 0 Å². The molecule has 1 aliphatic heterocycles. The number of nitrogens with one attached hydrogen (secondary N) is 1. The fraction of sp³-hybridized carbons (Fsp3) is 0.533. The van der Waals surface area contributed by atoms with E-state index >= 15 is 0 Å². The van der Waals surface area contributed by atoms with Crippen molar-refractivity contribution < 1.29 is 9.53 Å². The third-order valence-corrected chi connectivity index (χ3v) is 5.41. The average molecular weight is 303 g/mol. The molecule has 21 heavy (non-hydrogen) atoms. The van der Waals surface area contributed by atoms with Crippen LogP contribution in [0.25, 0.3) is 10.2 Å². The quantitative estimate of drug-likeness (QED) is 0.926. The number of aryl methyl sites for hydroxylation is 2. The molecule has 1 N–H and O–H groups in total. The SMILES string of the molecule is O=C(Nc1ncnc2sc3c(c12)CCCC3)[C@@H]1CCCO1. The van der Waals surface area contributed by atoms with E-state index in [1.807, 2.05) is 0 Å². The second kappa shape index (κ2) is 5.35. The van der Waals surface area contributed by atoms with Crippen molar-refractivity contribution >= 4 is 33.3 Å². The van der Waals surface area contributed by atoms with Gasteiger partial charge in [-0.1, -0.05) is 0 Å². The van der Waals surface area contributed by atoms with Crippen molar-refractivity contribution in [3.8, 4) is 0 Å². The highest BCUT2D eigenvalue weighted by atomic mass is 32.1.